The van der Waals surface area contributed by atoms with Gasteiger partial charge in [0.15, 0.2) is 0 Å². The Bertz CT molecular complexity index is 544. The van der Waals surface area contributed by atoms with Crippen molar-refractivity contribution in [2.45, 2.75) is 26.3 Å². The van der Waals surface area contributed by atoms with Crippen LogP contribution in [-0.4, -0.2) is 30.6 Å². The number of carbonyl (C=O) groups excluding carboxylic acids is 1. The van der Waals surface area contributed by atoms with E-state index >= 15 is 0 Å². The molecule has 1 aromatic carbocycles. The molecule has 3 N–H and O–H groups in total. The maximum Gasteiger partial charge on any atom is 0.317 e. The molecule has 0 aliphatic carbocycles. The van der Waals surface area contributed by atoms with Crippen LogP contribution in [0.5, 0.6) is 0 Å². The number of carbonyl (C=O) groups is 1. The first kappa shape index (κ1) is 15.4. The molecule has 21 heavy (non-hydrogen) atoms. The van der Waals surface area contributed by atoms with Crippen molar-refractivity contribution in [1.82, 2.24) is 10.2 Å². The zero-order valence-electron chi connectivity index (χ0n) is 12.6. The van der Waals surface area contributed by atoms with Crippen LogP contribution in [0.15, 0.2) is 24.3 Å². The van der Waals surface area contributed by atoms with Crippen LogP contribution in [0.1, 0.15) is 30.9 Å². The van der Waals surface area contributed by atoms with E-state index in [1.54, 1.807) is 0 Å². The van der Waals surface area contributed by atoms with Gasteiger partial charge in [-0.05, 0) is 36.5 Å². The highest BCUT2D eigenvalue weighted by Gasteiger charge is 2.20. The fraction of sp³-hybridized carbons (Fsp3) is 0.471. The quantitative estimate of drug-likeness (QED) is 0.816. The minimum Gasteiger partial charge on any atom is -0.334 e. The molecule has 0 aromatic heterocycles. The number of likely N-dealkylation sites (tertiary alicyclic amines) is 1. The maximum atomic E-state index is 12.1. The average molecular weight is 285 g/mol. The first-order valence-corrected chi connectivity index (χ1v) is 7.49. The molecule has 0 bridgehead atoms. The number of benzene rings is 1. The lowest BCUT2D eigenvalue weighted by Gasteiger charge is -2.30. The molecule has 4 heteroatoms. The summed E-state index contributed by atoms with van der Waals surface area (Å²) in [4.78, 5) is 14.1. The smallest absolute Gasteiger partial charge is 0.317 e. The van der Waals surface area contributed by atoms with Gasteiger partial charge >= 0.3 is 6.03 Å². The fourth-order valence-electron chi connectivity index (χ4n) is 2.58. The van der Waals surface area contributed by atoms with E-state index in [0.29, 0.717) is 19.0 Å². The molecule has 2 amide bonds. The molecule has 1 aromatic rings. The van der Waals surface area contributed by atoms with Gasteiger partial charge in [-0.25, -0.2) is 4.79 Å². The zero-order chi connectivity index (χ0) is 15.1. The van der Waals surface area contributed by atoms with E-state index in [1.807, 2.05) is 29.2 Å². The third-order valence-electron chi connectivity index (χ3n) is 3.65. The summed E-state index contributed by atoms with van der Waals surface area (Å²) < 4.78 is 0. The monoisotopic (exact) mass is 285 g/mol. The average Bonchev–Trinajstić information content (AvgIpc) is 2.51. The normalized spacial score (nSPS) is 17.8. The van der Waals surface area contributed by atoms with E-state index < -0.39 is 0 Å². The van der Waals surface area contributed by atoms with E-state index in [2.05, 4.69) is 24.1 Å². The van der Waals surface area contributed by atoms with Crippen molar-refractivity contribution in [2.24, 2.45) is 11.7 Å². The van der Waals surface area contributed by atoms with Gasteiger partial charge in [-0.1, -0.05) is 30.9 Å². The second-order valence-electron chi connectivity index (χ2n) is 5.56. The summed E-state index contributed by atoms with van der Waals surface area (Å²) in [5.41, 5.74) is 7.35. The number of rotatable bonds is 2. The summed E-state index contributed by atoms with van der Waals surface area (Å²) in [5, 5.41) is 2.99. The van der Waals surface area contributed by atoms with Crippen molar-refractivity contribution in [3.63, 3.8) is 0 Å². The van der Waals surface area contributed by atoms with Crippen LogP contribution in [0.3, 0.4) is 0 Å². The highest BCUT2D eigenvalue weighted by atomic mass is 16.2. The number of piperidine rings is 1. The summed E-state index contributed by atoms with van der Waals surface area (Å²) in [6.45, 7) is 4.79. The van der Waals surface area contributed by atoms with Gasteiger partial charge in [0, 0.05) is 25.2 Å². The Balaban J connectivity index is 1.89. The Morgan fingerprint density at radius 2 is 2.38 bits per heavy atom. The number of urea groups is 1. The van der Waals surface area contributed by atoms with Crippen LogP contribution in [-0.2, 0) is 6.54 Å². The molecule has 1 fully saturated rings. The molecule has 1 aliphatic heterocycles. The van der Waals surface area contributed by atoms with Crippen LogP contribution in [0.4, 0.5) is 4.79 Å². The predicted octanol–water partition coefficient (Wildman–Crippen LogP) is 1.94. The molecule has 4 nitrogen and oxygen atoms in total. The molecule has 0 spiro atoms. The summed E-state index contributed by atoms with van der Waals surface area (Å²) >= 11 is 0. The van der Waals surface area contributed by atoms with Gasteiger partial charge in [0.2, 0.25) is 0 Å². The predicted molar refractivity (Wildman–Crippen MR) is 84.6 cm³/mol. The second kappa shape index (κ2) is 7.70. The van der Waals surface area contributed by atoms with Crippen LogP contribution in [0.25, 0.3) is 0 Å². The Labute approximate surface area is 126 Å². The summed E-state index contributed by atoms with van der Waals surface area (Å²) in [5.74, 6) is 6.44. The molecule has 0 radical (unpaired) electrons. The maximum absolute atomic E-state index is 12.1. The molecule has 1 aliphatic rings. The van der Waals surface area contributed by atoms with Crippen molar-refractivity contribution in [3.8, 4) is 11.8 Å². The summed E-state index contributed by atoms with van der Waals surface area (Å²) in [6.07, 6.45) is 2.31. The Morgan fingerprint density at radius 1 is 1.52 bits per heavy atom. The van der Waals surface area contributed by atoms with Crippen molar-refractivity contribution >= 4 is 6.03 Å². The lowest BCUT2D eigenvalue weighted by molar-refractivity contribution is 0.169. The molecule has 1 saturated heterocycles. The molecule has 1 heterocycles. The Kier molecular flexibility index (Phi) is 5.65. The topological polar surface area (TPSA) is 58.4 Å². The minimum atomic E-state index is 0.0278. The highest BCUT2D eigenvalue weighted by Crippen LogP contribution is 2.15. The molecule has 1 unspecified atom stereocenters. The van der Waals surface area contributed by atoms with Crippen molar-refractivity contribution < 1.29 is 4.79 Å². The number of hydrogen-bond donors (Lipinski definition) is 2. The van der Waals surface area contributed by atoms with Gasteiger partial charge in [0.25, 0.3) is 0 Å². The Hall–Kier alpha value is -1.99. The lowest BCUT2D eigenvalue weighted by atomic mass is 10.0. The first-order chi connectivity index (χ1) is 10.2. The molecule has 1 atom stereocenters. The van der Waals surface area contributed by atoms with E-state index in [0.717, 1.165) is 30.6 Å². The minimum absolute atomic E-state index is 0.0278. The zero-order valence-corrected chi connectivity index (χ0v) is 12.6. The summed E-state index contributed by atoms with van der Waals surface area (Å²) in [7, 11) is 0. The van der Waals surface area contributed by atoms with Gasteiger partial charge in [-0.15, -0.1) is 0 Å². The number of nitrogens with two attached hydrogens (primary N) is 1. The SMILES string of the molecule is CC1CCCN(C(=O)NCc2cccc(C#CCN)c2)C1. The third kappa shape index (κ3) is 4.80. The molecular formula is C17H23N3O. The van der Waals surface area contributed by atoms with Crippen molar-refractivity contribution in [2.75, 3.05) is 19.6 Å². The van der Waals surface area contributed by atoms with Gasteiger partial charge in [0.05, 0.1) is 6.54 Å². The van der Waals surface area contributed by atoms with Crippen LogP contribution < -0.4 is 11.1 Å². The van der Waals surface area contributed by atoms with Gasteiger partial charge in [-0.2, -0.15) is 0 Å². The van der Waals surface area contributed by atoms with E-state index in [9.17, 15) is 4.79 Å². The van der Waals surface area contributed by atoms with Gasteiger partial charge in [0.1, 0.15) is 0 Å². The number of nitrogens with one attached hydrogen (secondary N) is 1. The molecule has 112 valence electrons. The number of amides is 2. The fourth-order valence-corrected chi connectivity index (χ4v) is 2.58. The van der Waals surface area contributed by atoms with Crippen LogP contribution >= 0.6 is 0 Å². The molecule has 0 saturated carbocycles. The number of hydrogen-bond acceptors (Lipinski definition) is 2. The van der Waals surface area contributed by atoms with E-state index in [-0.39, 0.29) is 6.03 Å². The third-order valence-corrected chi connectivity index (χ3v) is 3.65. The lowest BCUT2D eigenvalue weighted by Crippen LogP contribution is -2.44. The highest BCUT2D eigenvalue weighted by molar-refractivity contribution is 5.74. The van der Waals surface area contributed by atoms with Crippen molar-refractivity contribution in [1.29, 1.82) is 0 Å². The summed E-state index contributed by atoms with van der Waals surface area (Å²) in [6, 6.07) is 7.90. The van der Waals surface area contributed by atoms with E-state index in [4.69, 9.17) is 5.73 Å². The van der Waals surface area contributed by atoms with E-state index in [1.165, 1.54) is 6.42 Å². The Morgan fingerprint density at radius 3 is 3.14 bits per heavy atom. The van der Waals surface area contributed by atoms with Gasteiger partial charge in [-0.3, -0.25) is 0 Å². The van der Waals surface area contributed by atoms with Gasteiger partial charge < -0.3 is 16.0 Å². The molecule has 2 rings (SSSR count). The van der Waals surface area contributed by atoms with Crippen LogP contribution in [0, 0.1) is 17.8 Å². The standard InChI is InChI=1S/C17H23N3O/c1-14-5-4-10-20(13-14)17(21)19-12-16-7-2-6-15(11-16)8-3-9-18/h2,6-7,11,14H,4-5,9-10,12-13,18H2,1H3,(H,19,21). The molecular weight excluding hydrogens is 262 g/mol. The van der Waals surface area contributed by atoms with Crippen LogP contribution in [0.2, 0.25) is 0 Å². The second-order valence-corrected chi connectivity index (χ2v) is 5.56. The first-order valence-electron chi connectivity index (χ1n) is 7.49. The van der Waals surface area contributed by atoms with Crippen molar-refractivity contribution in [3.05, 3.63) is 35.4 Å². The largest absolute Gasteiger partial charge is 0.334 e. The number of nitrogens with zero attached hydrogens (tertiary/aromatic N) is 1.